The average Bonchev–Trinajstić information content (AvgIpc) is 2.11. The van der Waals surface area contributed by atoms with Crippen LogP contribution >= 0.6 is 0 Å². The van der Waals surface area contributed by atoms with Gasteiger partial charge >= 0.3 is 0 Å². The molecule has 0 aliphatic carbocycles. The molecule has 0 N–H and O–H groups in total. The Morgan fingerprint density at radius 3 is 2.64 bits per heavy atom. The van der Waals surface area contributed by atoms with Crippen molar-refractivity contribution in [1.29, 1.82) is 0 Å². The smallest absolute Gasteiger partial charge is 0.0935 e. The zero-order valence-electron chi connectivity index (χ0n) is 9.11. The van der Waals surface area contributed by atoms with Crippen molar-refractivity contribution in [2.75, 3.05) is 53.5 Å². The fourth-order valence-corrected chi connectivity index (χ4v) is 1.96. The Balaban J connectivity index is 1.60. The summed E-state index contributed by atoms with van der Waals surface area (Å²) >= 11 is 0. The second kappa shape index (κ2) is 4.57. The van der Waals surface area contributed by atoms with Gasteiger partial charge in [0.25, 0.3) is 0 Å². The fourth-order valence-electron chi connectivity index (χ4n) is 1.96. The quantitative estimate of drug-likeness (QED) is 0.621. The molecule has 0 aromatic carbocycles. The molecular formula is C10H20N2O2. The molecule has 14 heavy (non-hydrogen) atoms. The van der Waals surface area contributed by atoms with E-state index in [-0.39, 0.29) is 6.10 Å². The monoisotopic (exact) mass is 200 g/mol. The predicted octanol–water partition coefficient (Wildman–Crippen LogP) is -0.352. The molecule has 0 radical (unpaired) electrons. The first-order chi connectivity index (χ1) is 6.74. The van der Waals surface area contributed by atoms with Gasteiger partial charge in [0.15, 0.2) is 0 Å². The Kier molecular flexibility index (Phi) is 3.38. The van der Waals surface area contributed by atoms with Crippen LogP contribution in [-0.4, -0.2) is 75.5 Å². The number of hydrogen-bond acceptors (Lipinski definition) is 4. The Morgan fingerprint density at radius 1 is 1.21 bits per heavy atom. The minimum Gasteiger partial charge on any atom is -0.373 e. The van der Waals surface area contributed by atoms with Crippen LogP contribution in [0.3, 0.4) is 0 Å². The molecule has 4 nitrogen and oxygen atoms in total. The second-order valence-electron chi connectivity index (χ2n) is 4.43. The summed E-state index contributed by atoms with van der Waals surface area (Å²) in [6.45, 7) is 5.79. The molecule has 2 aliphatic heterocycles. The number of morpholine rings is 1. The maximum absolute atomic E-state index is 5.74. The van der Waals surface area contributed by atoms with Crippen molar-refractivity contribution in [3.8, 4) is 0 Å². The van der Waals surface area contributed by atoms with E-state index >= 15 is 0 Å². The van der Waals surface area contributed by atoms with Crippen LogP contribution in [0.1, 0.15) is 0 Å². The van der Waals surface area contributed by atoms with E-state index in [0.717, 1.165) is 39.4 Å². The minimum absolute atomic E-state index is 0.277. The van der Waals surface area contributed by atoms with E-state index in [0.29, 0.717) is 6.10 Å². The van der Waals surface area contributed by atoms with E-state index in [1.54, 1.807) is 0 Å². The maximum atomic E-state index is 5.74. The Bertz CT molecular complexity index is 183. The lowest BCUT2D eigenvalue weighted by Crippen LogP contribution is -2.51. The van der Waals surface area contributed by atoms with Crippen LogP contribution in [0.15, 0.2) is 0 Å². The van der Waals surface area contributed by atoms with Gasteiger partial charge in [0.1, 0.15) is 0 Å². The van der Waals surface area contributed by atoms with Gasteiger partial charge in [-0.25, -0.2) is 0 Å². The second-order valence-corrected chi connectivity index (χ2v) is 4.43. The van der Waals surface area contributed by atoms with Crippen LogP contribution in [0.5, 0.6) is 0 Å². The number of likely N-dealkylation sites (N-methyl/N-ethyl adjacent to an activating group) is 2. The molecule has 0 amide bonds. The fraction of sp³-hybridized carbons (Fsp3) is 1.00. The summed E-state index contributed by atoms with van der Waals surface area (Å²) in [6.07, 6.45) is 0.718. The molecule has 2 saturated heterocycles. The van der Waals surface area contributed by atoms with Gasteiger partial charge in [-0.3, -0.25) is 0 Å². The van der Waals surface area contributed by atoms with E-state index in [9.17, 15) is 0 Å². The molecule has 4 heteroatoms. The normalized spacial score (nSPS) is 31.7. The molecule has 2 aliphatic rings. The van der Waals surface area contributed by atoms with Crippen molar-refractivity contribution >= 4 is 0 Å². The van der Waals surface area contributed by atoms with Gasteiger partial charge in [0.2, 0.25) is 0 Å². The first-order valence-electron chi connectivity index (χ1n) is 5.34. The lowest BCUT2D eigenvalue weighted by Gasteiger charge is -2.37. The first-order valence-corrected chi connectivity index (χ1v) is 5.34. The third-order valence-corrected chi connectivity index (χ3v) is 2.89. The molecule has 0 aromatic rings. The minimum atomic E-state index is 0.277. The predicted molar refractivity (Wildman–Crippen MR) is 54.5 cm³/mol. The molecule has 1 atom stereocenters. The Morgan fingerprint density at radius 2 is 2.00 bits per heavy atom. The third kappa shape index (κ3) is 2.67. The van der Waals surface area contributed by atoms with Gasteiger partial charge < -0.3 is 19.3 Å². The van der Waals surface area contributed by atoms with Crippen molar-refractivity contribution in [1.82, 2.24) is 9.80 Å². The van der Waals surface area contributed by atoms with E-state index < -0.39 is 0 Å². The molecule has 0 spiro atoms. The number of hydrogen-bond donors (Lipinski definition) is 0. The van der Waals surface area contributed by atoms with Crippen LogP contribution in [-0.2, 0) is 9.47 Å². The van der Waals surface area contributed by atoms with E-state index in [4.69, 9.17) is 9.47 Å². The van der Waals surface area contributed by atoms with Crippen molar-refractivity contribution in [3.05, 3.63) is 0 Å². The lowest BCUT2D eigenvalue weighted by atomic mass is 10.2. The molecular weight excluding hydrogens is 180 g/mol. The van der Waals surface area contributed by atoms with Gasteiger partial charge in [-0.1, -0.05) is 0 Å². The highest BCUT2D eigenvalue weighted by Gasteiger charge is 2.26. The average molecular weight is 200 g/mol. The molecule has 1 unspecified atom stereocenters. The van der Waals surface area contributed by atoms with Crippen molar-refractivity contribution in [2.24, 2.45) is 0 Å². The van der Waals surface area contributed by atoms with E-state index in [2.05, 4.69) is 23.9 Å². The Hall–Kier alpha value is -0.160. The summed E-state index contributed by atoms with van der Waals surface area (Å²) in [7, 11) is 4.25. The van der Waals surface area contributed by atoms with Gasteiger partial charge in [-0.15, -0.1) is 0 Å². The van der Waals surface area contributed by atoms with Gasteiger partial charge in [-0.05, 0) is 14.1 Å². The van der Waals surface area contributed by atoms with Crippen LogP contribution in [0.2, 0.25) is 0 Å². The SMILES string of the molecule is CN1CCOC(COC2CN(C)C2)C1. The van der Waals surface area contributed by atoms with E-state index in [1.165, 1.54) is 0 Å². The highest BCUT2D eigenvalue weighted by atomic mass is 16.5. The topological polar surface area (TPSA) is 24.9 Å². The van der Waals surface area contributed by atoms with Crippen LogP contribution < -0.4 is 0 Å². The van der Waals surface area contributed by atoms with Crippen LogP contribution in [0.4, 0.5) is 0 Å². The zero-order valence-corrected chi connectivity index (χ0v) is 9.11. The number of nitrogens with zero attached hydrogens (tertiary/aromatic N) is 2. The summed E-state index contributed by atoms with van der Waals surface area (Å²) < 4.78 is 11.4. The zero-order chi connectivity index (χ0) is 9.97. The lowest BCUT2D eigenvalue weighted by molar-refractivity contribution is -0.108. The number of ether oxygens (including phenoxy) is 2. The summed E-state index contributed by atoms with van der Waals surface area (Å²) in [5.74, 6) is 0. The van der Waals surface area contributed by atoms with Gasteiger partial charge in [0, 0.05) is 26.2 Å². The first kappa shape index (κ1) is 10.4. The van der Waals surface area contributed by atoms with E-state index in [1.807, 2.05) is 0 Å². The van der Waals surface area contributed by atoms with Gasteiger partial charge in [-0.2, -0.15) is 0 Å². The molecule has 0 bridgehead atoms. The summed E-state index contributed by atoms with van der Waals surface area (Å²) in [4.78, 5) is 4.56. The summed E-state index contributed by atoms with van der Waals surface area (Å²) in [5.41, 5.74) is 0. The third-order valence-electron chi connectivity index (χ3n) is 2.89. The molecule has 0 saturated carbocycles. The molecule has 0 aromatic heterocycles. The number of rotatable bonds is 3. The molecule has 2 fully saturated rings. The maximum Gasteiger partial charge on any atom is 0.0935 e. The molecule has 2 heterocycles. The molecule has 82 valence electrons. The van der Waals surface area contributed by atoms with Crippen molar-refractivity contribution in [3.63, 3.8) is 0 Å². The van der Waals surface area contributed by atoms with Crippen LogP contribution in [0, 0.1) is 0 Å². The van der Waals surface area contributed by atoms with Crippen LogP contribution in [0.25, 0.3) is 0 Å². The highest BCUT2D eigenvalue weighted by Crippen LogP contribution is 2.11. The van der Waals surface area contributed by atoms with Crippen molar-refractivity contribution < 1.29 is 9.47 Å². The molecule has 2 rings (SSSR count). The Labute approximate surface area is 85.8 Å². The van der Waals surface area contributed by atoms with Gasteiger partial charge in [0.05, 0.1) is 25.4 Å². The van der Waals surface area contributed by atoms with Crippen molar-refractivity contribution in [2.45, 2.75) is 12.2 Å². The standard InChI is InChI=1S/C10H20N2O2/c1-11-3-4-13-10(7-11)8-14-9-5-12(2)6-9/h9-10H,3-8H2,1-2H3. The largest absolute Gasteiger partial charge is 0.373 e. The summed E-state index contributed by atoms with van der Waals surface area (Å²) in [6, 6.07) is 0. The summed E-state index contributed by atoms with van der Waals surface area (Å²) in [5, 5.41) is 0. The highest BCUT2D eigenvalue weighted by molar-refractivity contribution is 4.78. The number of likely N-dealkylation sites (tertiary alicyclic amines) is 1.